The summed E-state index contributed by atoms with van der Waals surface area (Å²) in [4.78, 5) is 15.2. The lowest BCUT2D eigenvalue weighted by molar-refractivity contribution is 0.0698. The molecule has 0 aliphatic heterocycles. The Morgan fingerprint density at radius 1 is 1.21 bits per heavy atom. The first-order chi connectivity index (χ1) is 9.08. The van der Waals surface area contributed by atoms with Gasteiger partial charge in [-0.1, -0.05) is 23.8 Å². The molecule has 0 atom stereocenters. The van der Waals surface area contributed by atoms with Crippen LogP contribution in [-0.4, -0.2) is 22.4 Å². The minimum absolute atomic E-state index is 0.113. The Labute approximate surface area is 110 Å². The van der Waals surface area contributed by atoms with Crippen LogP contribution >= 0.6 is 0 Å². The van der Waals surface area contributed by atoms with Crippen molar-refractivity contribution in [1.82, 2.24) is 0 Å². The van der Waals surface area contributed by atoms with Crippen LogP contribution in [0.2, 0.25) is 0 Å². The van der Waals surface area contributed by atoms with E-state index in [0.29, 0.717) is 11.3 Å². The molecule has 0 unspecified atom stereocenters. The second kappa shape index (κ2) is 5.35. The molecule has 0 fully saturated rings. The summed E-state index contributed by atoms with van der Waals surface area (Å²) >= 11 is 0. The minimum atomic E-state index is -1.03. The van der Waals surface area contributed by atoms with Gasteiger partial charge in [0.05, 0.1) is 11.3 Å². The maximum absolute atomic E-state index is 11.0. The van der Waals surface area contributed by atoms with Crippen LogP contribution in [0, 0.1) is 6.92 Å². The van der Waals surface area contributed by atoms with Gasteiger partial charge in [0.2, 0.25) is 0 Å². The minimum Gasteiger partial charge on any atom is -0.507 e. The van der Waals surface area contributed by atoms with E-state index >= 15 is 0 Å². The summed E-state index contributed by atoms with van der Waals surface area (Å²) in [5.41, 5.74) is 2.03. The first kappa shape index (κ1) is 12.8. The van der Waals surface area contributed by atoms with Gasteiger partial charge in [-0.05, 0) is 31.2 Å². The topological polar surface area (TPSA) is 69.9 Å². The SMILES string of the molecule is Cc1ccc(O)c(C=Nc2ccccc2C(=O)O)c1. The Kier molecular flexibility index (Phi) is 3.61. The predicted octanol–water partition coefficient (Wildman–Crippen LogP) is 3.15. The molecule has 0 bridgehead atoms. The standard InChI is InChI=1S/C15H13NO3/c1-10-6-7-14(17)11(8-10)9-16-13-5-3-2-4-12(13)15(18)19/h2-9,17H,1H3,(H,18,19). The van der Waals surface area contributed by atoms with Crippen LogP contribution in [0.3, 0.4) is 0 Å². The molecule has 2 rings (SSSR count). The van der Waals surface area contributed by atoms with Gasteiger partial charge in [0.1, 0.15) is 5.75 Å². The molecule has 4 nitrogen and oxygen atoms in total. The van der Waals surface area contributed by atoms with Crippen LogP contribution in [0.5, 0.6) is 5.75 Å². The zero-order valence-corrected chi connectivity index (χ0v) is 10.4. The second-order valence-corrected chi connectivity index (χ2v) is 4.14. The number of aliphatic imine (C=N–C) groups is 1. The number of phenolic OH excluding ortho intramolecular Hbond substituents is 1. The van der Waals surface area contributed by atoms with Crippen LogP contribution < -0.4 is 0 Å². The van der Waals surface area contributed by atoms with Gasteiger partial charge in [0.15, 0.2) is 0 Å². The van der Waals surface area contributed by atoms with E-state index in [0.717, 1.165) is 5.56 Å². The largest absolute Gasteiger partial charge is 0.507 e. The molecule has 4 heteroatoms. The van der Waals surface area contributed by atoms with Crippen molar-refractivity contribution in [2.24, 2.45) is 4.99 Å². The lowest BCUT2D eigenvalue weighted by atomic mass is 10.1. The zero-order chi connectivity index (χ0) is 13.8. The summed E-state index contributed by atoms with van der Waals surface area (Å²) < 4.78 is 0. The van der Waals surface area contributed by atoms with Gasteiger partial charge in [-0.2, -0.15) is 0 Å². The first-order valence-corrected chi connectivity index (χ1v) is 5.74. The molecule has 0 aliphatic carbocycles. The molecule has 19 heavy (non-hydrogen) atoms. The number of para-hydroxylation sites is 1. The van der Waals surface area contributed by atoms with Gasteiger partial charge in [0.25, 0.3) is 0 Å². The Morgan fingerprint density at radius 3 is 2.68 bits per heavy atom. The molecule has 0 spiro atoms. The number of carbonyl (C=O) groups is 1. The summed E-state index contributed by atoms with van der Waals surface area (Å²) in [7, 11) is 0. The molecule has 0 saturated heterocycles. The molecule has 0 aromatic heterocycles. The van der Waals surface area contributed by atoms with Crippen LogP contribution in [-0.2, 0) is 0 Å². The zero-order valence-electron chi connectivity index (χ0n) is 10.4. The van der Waals surface area contributed by atoms with E-state index in [1.165, 1.54) is 12.3 Å². The molecule has 2 N–H and O–H groups in total. The van der Waals surface area contributed by atoms with Gasteiger partial charge < -0.3 is 10.2 Å². The van der Waals surface area contributed by atoms with Crippen molar-refractivity contribution in [3.8, 4) is 5.75 Å². The Balaban J connectivity index is 2.38. The number of nitrogens with zero attached hydrogens (tertiary/aromatic N) is 1. The van der Waals surface area contributed by atoms with Crippen molar-refractivity contribution in [2.75, 3.05) is 0 Å². The van der Waals surface area contributed by atoms with E-state index in [-0.39, 0.29) is 11.3 Å². The fraction of sp³-hybridized carbons (Fsp3) is 0.0667. The number of aryl methyl sites for hydroxylation is 1. The highest BCUT2D eigenvalue weighted by Crippen LogP contribution is 2.21. The summed E-state index contributed by atoms with van der Waals surface area (Å²) in [6.45, 7) is 1.90. The van der Waals surface area contributed by atoms with Crippen LogP contribution in [0.1, 0.15) is 21.5 Å². The fourth-order valence-electron chi connectivity index (χ4n) is 1.68. The van der Waals surface area contributed by atoms with Crippen LogP contribution in [0.25, 0.3) is 0 Å². The highest BCUT2D eigenvalue weighted by Gasteiger charge is 2.07. The third kappa shape index (κ3) is 2.98. The van der Waals surface area contributed by atoms with Gasteiger partial charge in [-0.15, -0.1) is 0 Å². The number of hydrogen-bond acceptors (Lipinski definition) is 3. The average Bonchev–Trinajstić information content (AvgIpc) is 2.40. The summed E-state index contributed by atoms with van der Waals surface area (Å²) in [6.07, 6.45) is 1.46. The van der Waals surface area contributed by atoms with Gasteiger partial charge in [-0.25, -0.2) is 4.79 Å². The summed E-state index contributed by atoms with van der Waals surface area (Å²) in [5.74, 6) is -0.914. The van der Waals surface area contributed by atoms with E-state index in [2.05, 4.69) is 4.99 Å². The van der Waals surface area contributed by atoms with E-state index in [9.17, 15) is 9.90 Å². The molecular weight excluding hydrogens is 242 g/mol. The number of hydrogen-bond donors (Lipinski definition) is 2. The number of aromatic hydroxyl groups is 1. The van der Waals surface area contributed by atoms with Crippen molar-refractivity contribution in [1.29, 1.82) is 0 Å². The smallest absolute Gasteiger partial charge is 0.337 e. The van der Waals surface area contributed by atoms with Crippen LogP contribution in [0.4, 0.5) is 5.69 Å². The maximum atomic E-state index is 11.0. The second-order valence-electron chi connectivity index (χ2n) is 4.14. The molecule has 0 saturated carbocycles. The predicted molar refractivity (Wildman–Crippen MR) is 73.5 cm³/mol. The van der Waals surface area contributed by atoms with Crippen molar-refractivity contribution in [3.05, 3.63) is 59.2 Å². The number of benzene rings is 2. The Hall–Kier alpha value is -2.62. The molecule has 0 aliphatic rings. The lowest BCUT2D eigenvalue weighted by Crippen LogP contribution is -1.96. The molecule has 0 heterocycles. The number of carboxylic acid groups (broad SMARTS) is 1. The maximum Gasteiger partial charge on any atom is 0.337 e. The quantitative estimate of drug-likeness (QED) is 0.828. The van der Waals surface area contributed by atoms with Crippen molar-refractivity contribution < 1.29 is 15.0 Å². The van der Waals surface area contributed by atoms with E-state index in [1.54, 1.807) is 36.4 Å². The van der Waals surface area contributed by atoms with Crippen molar-refractivity contribution in [2.45, 2.75) is 6.92 Å². The third-order valence-electron chi connectivity index (χ3n) is 2.66. The van der Waals surface area contributed by atoms with E-state index in [4.69, 9.17) is 5.11 Å². The van der Waals surface area contributed by atoms with E-state index < -0.39 is 5.97 Å². The number of rotatable bonds is 3. The summed E-state index contributed by atoms with van der Waals surface area (Å²) in [6, 6.07) is 11.6. The summed E-state index contributed by atoms with van der Waals surface area (Å²) in [5, 5.41) is 18.7. The van der Waals surface area contributed by atoms with Crippen molar-refractivity contribution in [3.63, 3.8) is 0 Å². The van der Waals surface area contributed by atoms with Gasteiger partial charge in [0, 0.05) is 11.8 Å². The highest BCUT2D eigenvalue weighted by molar-refractivity contribution is 5.95. The van der Waals surface area contributed by atoms with Gasteiger partial charge >= 0.3 is 5.97 Å². The molecule has 0 amide bonds. The normalized spacial score (nSPS) is 10.8. The monoisotopic (exact) mass is 255 g/mol. The highest BCUT2D eigenvalue weighted by atomic mass is 16.4. The van der Waals surface area contributed by atoms with Gasteiger partial charge in [-0.3, -0.25) is 4.99 Å². The number of carboxylic acids is 1. The van der Waals surface area contributed by atoms with E-state index in [1.807, 2.05) is 6.92 Å². The third-order valence-corrected chi connectivity index (χ3v) is 2.66. The van der Waals surface area contributed by atoms with Crippen LogP contribution in [0.15, 0.2) is 47.5 Å². The van der Waals surface area contributed by atoms with Crippen molar-refractivity contribution >= 4 is 17.9 Å². The molecule has 2 aromatic rings. The average molecular weight is 255 g/mol. The molecule has 0 radical (unpaired) electrons. The Bertz CT molecular complexity index is 648. The first-order valence-electron chi connectivity index (χ1n) is 5.74. The Morgan fingerprint density at radius 2 is 1.95 bits per heavy atom. The number of phenols is 1. The lowest BCUT2D eigenvalue weighted by Gasteiger charge is -2.02. The molecular formula is C15H13NO3. The molecule has 2 aromatic carbocycles. The number of aromatic carboxylic acids is 1. The fourth-order valence-corrected chi connectivity index (χ4v) is 1.68. The molecule has 96 valence electrons.